The van der Waals surface area contributed by atoms with E-state index in [0.717, 1.165) is 0 Å². The molecule has 7 N–H and O–H groups in total. The third kappa shape index (κ3) is 5.03. The zero-order valence-corrected chi connectivity index (χ0v) is 16.8. The van der Waals surface area contributed by atoms with Gasteiger partial charge in [-0.3, -0.25) is 19.2 Å². The van der Waals surface area contributed by atoms with Gasteiger partial charge in [0.1, 0.15) is 24.2 Å². The van der Waals surface area contributed by atoms with Gasteiger partial charge in [0.05, 0.1) is 12.2 Å². The van der Waals surface area contributed by atoms with Crippen molar-refractivity contribution in [1.29, 1.82) is 0 Å². The fourth-order valence-corrected chi connectivity index (χ4v) is 3.86. The second-order valence-corrected chi connectivity index (χ2v) is 7.77. The van der Waals surface area contributed by atoms with E-state index in [9.17, 15) is 29.4 Å². The SMILES string of the molecule is CC(O)[C@H](N)C(=O)N1CCC[C@H]1C(=O)N1CCC[C@H]1C(=O)N[C@H](C(N)=O)C(C)O. The summed E-state index contributed by atoms with van der Waals surface area (Å²) in [4.78, 5) is 52.5. The van der Waals surface area contributed by atoms with Gasteiger partial charge >= 0.3 is 0 Å². The van der Waals surface area contributed by atoms with E-state index < -0.39 is 54.1 Å². The number of carbonyl (C=O) groups excluding carboxylic acids is 4. The summed E-state index contributed by atoms with van der Waals surface area (Å²) in [5.41, 5.74) is 11.0. The van der Waals surface area contributed by atoms with Crippen LogP contribution in [0.2, 0.25) is 0 Å². The lowest BCUT2D eigenvalue weighted by molar-refractivity contribution is -0.148. The Kier molecular flexibility index (Phi) is 7.55. The molecule has 2 unspecified atom stereocenters. The molecule has 0 aromatic rings. The molecule has 0 aromatic carbocycles. The van der Waals surface area contributed by atoms with Crippen LogP contribution in [0.5, 0.6) is 0 Å². The molecule has 11 nitrogen and oxygen atoms in total. The molecule has 4 amide bonds. The predicted octanol–water partition coefficient (Wildman–Crippen LogP) is -2.97. The molecular weight excluding hydrogens is 382 g/mol. The normalized spacial score (nSPS) is 26.0. The molecule has 2 aliphatic rings. The Labute approximate surface area is 169 Å². The van der Waals surface area contributed by atoms with Crippen molar-refractivity contribution in [3.8, 4) is 0 Å². The second-order valence-electron chi connectivity index (χ2n) is 7.77. The highest BCUT2D eigenvalue weighted by atomic mass is 16.3. The topological polar surface area (TPSA) is 179 Å². The summed E-state index contributed by atoms with van der Waals surface area (Å²) in [7, 11) is 0. The Bertz CT molecular complexity index is 655. The van der Waals surface area contributed by atoms with E-state index in [2.05, 4.69) is 5.32 Å². The number of carbonyl (C=O) groups is 4. The molecule has 164 valence electrons. The summed E-state index contributed by atoms with van der Waals surface area (Å²) < 4.78 is 0. The molecule has 11 heteroatoms. The highest BCUT2D eigenvalue weighted by molar-refractivity contribution is 5.95. The third-order valence-electron chi connectivity index (χ3n) is 5.55. The summed E-state index contributed by atoms with van der Waals surface area (Å²) in [6.45, 7) is 3.44. The number of nitrogens with two attached hydrogens (primary N) is 2. The average molecular weight is 413 g/mol. The van der Waals surface area contributed by atoms with Crippen LogP contribution >= 0.6 is 0 Å². The van der Waals surface area contributed by atoms with Crippen LogP contribution in [0, 0.1) is 0 Å². The zero-order valence-electron chi connectivity index (χ0n) is 16.8. The molecule has 2 rings (SSSR count). The number of amides is 4. The number of nitrogens with zero attached hydrogens (tertiary/aromatic N) is 2. The lowest BCUT2D eigenvalue weighted by Gasteiger charge is -2.33. The summed E-state index contributed by atoms with van der Waals surface area (Å²) in [5, 5.41) is 21.6. The first-order chi connectivity index (χ1) is 13.6. The van der Waals surface area contributed by atoms with Gasteiger partial charge in [-0.15, -0.1) is 0 Å². The average Bonchev–Trinajstić information content (AvgIpc) is 3.32. The molecule has 2 fully saturated rings. The van der Waals surface area contributed by atoms with Crippen molar-refractivity contribution in [2.24, 2.45) is 11.5 Å². The predicted molar refractivity (Wildman–Crippen MR) is 102 cm³/mol. The Morgan fingerprint density at radius 1 is 0.966 bits per heavy atom. The van der Waals surface area contributed by atoms with Gasteiger partial charge in [-0.2, -0.15) is 0 Å². The number of hydrogen-bond donors (Lipinski definition) is 5. The number of nitrogens with one attached hydrogen (secondary N) is 1. The van der Waals surface area contributed by atoms with Crippen LogP contribution in [0.15, 0.2) is 0 Å². The summed E-state index contributed by atoms with van der Waals surface area (Å²) in [6, 6.07) is -3.94. The Balaban J connectivity index is 2.11. The van der Waals surface area contributed by atoms with Crippen LogP contribution in [0.25, 0.3) is 0 Å². The van der Waals surface area contributed by atoms with Crippen molar-refractivity contribution >= 4 is 23.6 Å². The lowest BCUT2D eigenvalue weighted by Crippen LogP contribution is -2.58. The van der Waals surface area contributed by atoms with Crippen LogP contribution in [0.1, 0.15) is 39.5 Å². The van der Waals surface area contributed by atoms with Crippen molar-refractivity contribution < 1.29 is 29.4 Å². The highest BCUT2D eigenvalue weighted by Gasteiger charge is 2.43. The van der Waals surface area contributed by atoms with Gasteiger partial charge in [-0.05, 0) is 39.5 Å². The van der Waals surface area contributed by atoms with E-state index >= 15 is 0 Å². The van der Waals surface area contributed by atoms with E-state index in [-0.39, 0.29) is 5.91 Å². The smallest absolute Gasteiger partial charge is 0.246 e. The standard InChI is InChI=1S/C18H31N5O6/c1-9(24)13(19)18(29)23-8-4-6-12(23)17(28)22-7-3-5-11(22)16(27)21-14(10(2)25)15(20)26/h9-14,24-25H,3-8,19H2,1-2H3,(H2,20,26)(H,21,27)/t9?,10?,11-,12-,13-,14-/m0/s1. The number of primary amides is 1. The van der Waals surface area contributed by atoms with E-state index in [0.29, 0.717) is 38.8 Å². The van der Waals surface area contributed by atoms with E-state index in [1.165, 1.54) is 23.6 Å². The van der Waals surface area contributed by atoms with Crippen LogP contribution in [0.4, 0.5) is 0 Å². The molecule has 6 atom stereocenters. The van der Waals surface area contributed by atoms with Gasteiger partial charge in [0, 0.05) is 13.1 Å². The molecule has 2 aliphatic heterocycles. The Morgan fingerprint density at radius 3 is 2.03 bits per heavy atom. The van der Waals surface area contributed by atoms with Crippen LogP contribution in [0.3, 0.4) is 0 Å². The third-order valence-corrected chi connectivity index (χ3v) is 5.55. The van der Waals surface area contributed by atoms with Crippen LogP contribution in [-0.2, 0) is 19.2 Å². The minimum Gasteiger partial charge on any atom is -0.391 e. The number of aliphatic hydroxyl groups is 2. The number of aliphatic hydroxyl groups excluding tert-OH is 2. The van der Waals surface area contributed by atoms with Crippen molar-refractivity contribution in [2.45, 2.75) is 75.9 Å². The van der Waals surface area contributed by atoms with E-state index in [1.807, 2.05) is 0 Å². The minimum absolute atomic E-state index is 0.341. The number of hydrogen-bond acceptors (Lipinski definition) is 7. The Morgan fingerprint density at radius 2 is 1.52 bits per heavy atom. The molecule has 0 saturated carbocycles. The molecule has 2 saturated heterocycles. The maximum atomic E-state index is 13.1. The maximum absolute atomic E-state index is 13.1. The monoisotopic (exact) mass is 413 g/mol. The first-order valence-electron chi connectivity index (χ1n) is 9.88. The molecule has 0 spiro atoms. The van der Waals surface area contributed by atoms with E-state index in [4.69, 9.17) is 11.5 Å². The lowest BCUT2D eigenvalue weighted by atomic mass is 10.1. The number of rotatable bonds is 7. The van der Waals surface area contributed by atoms with Crippen LogP contribution < -0.4 is 16.8 Å². The van der Waals surface area contributed by atoms with Gasteiger partial charge in [-0.25, -0.2) is 0 Å². The summed E-state index contributed by atoms with van der Waals surface area (Å²) >= 11 is 0. The molecule has 0 aliphatic carbocycles. The first kappa shape index (κ1) is 23.0. The van der Waals surface area contributed by atoms with Crippen molar-refractivity contribution in [2.75, 3.05) is 13.1 Å². The summed E-state index contributed by atoms with van der Waals surface area (Å²) in [6.07, 6.45) is -0.170. The fourth-order valence-electron chi connectivity index (χ4n) is 3.86. The van der Waals surface area contributed by atoms with Gasteiger partial charge in [0.2, 0.25) is 23.6 Å². The number of likely N-dealkylation sites (tertiary alicyclic amines) is 2. The van der Waals surface area contributed by atoms with Crippen molar-refractivity contribution in [3.63, 3.8) is 0 Å². The summed E-state index contributed by atoms with van der Waals surface area (Å²) in [5.74, 6) is -2.31. The molecular formula is C18H31N5O6. The Hall–Kier alpha value is -2.24. The van der Waals surface area contributed by atoms with Gasteiger partial charge in [0.25, 0.3) is 0 Å². The molecule has 0 bridgehead atoms. The largest absolute Gasteiger partial charge is 0.391 e. The van der Waals surface area contributed by atoms with Crippen molar-refractivity contribution in [3.05, 3.63) is 0 Å². The zero-order chi connectivity index (χ0) is 21.9. The van der Waals surface area contributed by atoms with Gasteiger partial charge in [-0.1, -0.05) is 0 Å². The van der Waals surface area contributed by atoms with Gasteiger partial charge in [0.15, 0.2) is 0 Å². The maximum Gasteiger partial charge on any atom is 0.246 e. The molecule has 0 radical (unpaired) electrons. The first-order valence-corrected chi connectivity index (χ1v) is 9.88. The molecule has 0 aromatic heterocycles. The van der Waals surface area contributed by atoms with Crippen LogP contribution in [-0.4, -0.2) is 93.1 Å². The highest BCUT2D eigenvalue weighted by Crippen LogP contribution is 2.25. The van der Waals surface area contributed by atoms with Crippen molar-refractivity contribution in [1.82, 2.24) is 15.1 Å². The van der Waals surface area contributed by atoms with E-state index in [1.54, 1.807) is 0 Å². The molecule has 29 heavy (non-hydrogen) atoms. The fraction of sp³-hybridized carbons (Fsp3) is 0.778. The minimum atomic E-state index is -1.26. The second kappa shape index (κ2) is 9.51. The molecule has 2 heterocycles. The van der Waals surface area contributed by atoms with Gasteiger partial charge < -0.3 is 36.8 Å². The quantitative estimate of drug-likeness (QED) is 0.295.